The Morgan fingerprint density at radius 3 is 2.25 bits per heavy atom. The molecule has 3 nitrogen and oxygen atoms in total. The van der Waals surface area contributed by atoms with Crippen molar-refractivity contribution in [3.05, 3.63) is 85.6 Å². The lowest BCUT2D eigenvalue weighted by Crippen LogP contribution is -2.04. The first kappa shape index (κ1) is 21.6. The summed E-state index contributed by atoms with van der Waals surface area (Å²) in [6.07, 6.45) is 15.2. The van der Waals surface area contributed by atoms with E-state index in [0.717, 1.165) is 17.2 Å². The van der Waals surface area contributed by atoms with Crippen LogP contribution in [0.1, 0.15) is 58.1 Å². The highest BCUT2D eigenvalue weighted by Gasteiger charge is 2.08. The van der Waals surface area contributed by atoms with E-state index in [2.05, 4.69) is 59.2 Å². The Hall–Kier alpha value is -2.68. The predicted octanol–water partition coefficient (Wildman–Crippen LogP) is 6.94. The molecule has 1 aliphatic carbocycles. The van der Waals surface area contributed by atoms with Gasteiger partial charge in [-0.05, 0) is 31.4 Å². The first-order chi connectivity index (χ1) is 13.7. The van der Waals surface area contributed by atoms with E-state index >= 15 is 0 Å². The van der Waals surface area contributed by atoms with Crippen LogP contribution in [-0.4, -0.2) is 14.5 Å². The molecule has 1 saturated carbocycles. The highest BCUT2D eigenvalue weighted by atomic mass is 15.0. The Balaban J connectivity index is 0.000000260. The van der Waals surface area contributed by atoms with Crippen LogP contribution < -0.4 is 0 Å². The van der Waals surface area contributed by atoms with E-state index in [9.17, 15) is 0 Å². The van der Waals surface area contributed by atoms with E-state index in [-0.39, 0.29) is 6.04 Å². The zero-order valence-electron chi connectivity index (χ0n) is 17.5. The molecule has 0 bridgehead atoms. The lowest BCUT2D eigenvalue weighted by atomic mass is 10.1. The van der Waals surface area contributed by atoms with E-state index in [1.807, 2.05) is 43.8 Å². The van der Waals surface area contributed by atoms with Crippen molar-refractivity contribution in [2.75, 3.05) is 0 Å². The second-order valence-electron chi connectivity index (χ2n) is 7.33. The van der Waals surface area contributed by atoms with Crippen LogP contribution in [0.2, 0.25) is 0 Å². The minimum atomic E-state index is 0.250. The quantitative estimate of drug-likeness (QED) is 0.464. The summed E-state index contributed by atoms with van der Waals surface area (Å²) in [5.74, 6) is 1.05. The van der Waals surface area contributed by atoms with Crippen LogP contribution in [0, 0.1) is 5.92 Å². The lowest BCUT2D eigenvalue weighted by molar-refractivity contribution is 0.612. The number of benzene rings is 1. The van der Waals surface area contributed by atoms with Crippen molar-refractivity contribution in [1.82, 2.24) is 14.5 Å². The van der Waals surface area contributed by atoms with Gasteiger partial charge in [-0.25, -0.2) is 4.98 Å². The number of imidazole rings is 1. The Labute approximate surface area is 170 Å². The number of allylic oxidation sites excluding steroid dienone is 1. The minimum absolute atomic E-state index is 0.250. The van der Waals surface area contributed by atoms with Gasteiger partial charge in [0, 0.05) is 24.2 Å². The van der Waals surface area contributed by atoms with Gasteiger partial charge in [0.25, 0.3) is 0 Å². The van der Waals surface area contributed by atoms with Crippen molar-refractivity contribution in [2.24, 2.45) is 5.92 Å². The molecule has 0 saturated heterocycles. The maximum atomic E-state index is 4.55. The lowest BCUT2D eigenvalue weighted by Gasteiger charge is -2.13. The fraction of sp³-hybridized carbons (Fsp3) is 0.360. The number of pyridine rings is 1. The number of aromatic nitrogens is 3. The Morgan fingerprint density at radius 2 is 1.79 bits per heavy atom. The van der Waals surface area contributed by atoms with Crippen molar-refractivity contribution >= 4 is 0 Å². The van der Waals surface area contributed by atoms with Crippen LogP contribution in [0.4, 0.5) is 0 Å². The molecule has 2 heterocycles. The predicted molar refractivity (Wildman–Crippen MR) is 119 cm³/mol. The summed E-state index contributed by atoms with van der Waals surface area (Å²) in [5, 5.41) is 0. The molecule has 148 valence electrons. The summed E-state index contributed by atoms with van der Waals surface area (Å²) in [6, 6.07) is 14.7. The van der Waals surface area contributed by atoms with Gasteiger partial charge in [0.15, 0.2) is 0 Å². The normalized spacial score (nSPS) is 14.2. The Morgan fingerprint density at radius 1 is 1.11 bits per heavy atom. The molecule has 3 aromatic rings. The van der Waals surface area contributed by atoms with Crippen LogP contribution in [0.15, 0.2) is 80.0 Å². The van der Waals surface area contributed by atoms with Gasteiger partial charge in [0.1, 0.15) is 0 Å². The topological polar surface area (TPSA) is 30.7 Å². The van der Waals surface area contributed by atoms with Gasteiger partial charge in [0.05, 0.1) is 18.1 Å². The smallest absolute Gasteiger partial charge is 0.0951 e. The van der Waals surface area contributed by atoms with Crippen LogP contribution in [-0.2, 0) is 0 Å². The van der Waals surface area contributed by atoms with Crippen molar-refractivity contribution in [3.63, 3.8) is 0 Å². The molecule has 0 amide bonds. The second-order valence-corrected chi connectivity index (χ2v) is 7.33. The Bertz CT molecular complexity index is 770. The molecule has 1 atom stereocenters. The maximum Gasteiger partial charge on any atom is 0.0951 e. The highest BCUT2D eigenvalue weighted by Crippen LogP contribution is 2.23. The summed E-state index contributed by atoms with van der Waals surface area (Å²) in [7, 11) is 0. The largest absolute Gasteiger partial charge is 0.330 e. The number of rotatable bonds is 3. The van der Waals surface area contributed by atoms with Crippen LogP contribution in [0.3, 0.4) is 0 Å². The molecule has 1 fully saturated rings. The average Bonchev–Trinajstić information content (AvgIpc) is 3.43. The van der Waals surface area contributed by atoms with Gasteiger partial charge < -0.3 is 4.57 Å². The third kappa shape index (κ3) is 6.80. The standard InChI is InChI=1S/C16H15N3.C6H12.C3H6/c1-13(19-10-9-17-12-19)15-7-8-16(18-11-15)14-5-3-2-4-6-14;1-6-4-2-3-5-6;1-3-2/h2-13H,1H3;6H,2-5H2,1H3;3H,1H2,2H3. The number of nitrogens with zero attached hydrogens (tertiary/aromatic N) is 3. The SMILES string of the molecule is C=CC.CC(c1ccc(-c2ccccc2)nc1)n1ccnc1.CC1CCCC1. The van der Waals surface area contributed by atoms with Gasteiger partial charge in [-0.15, -0.1) is 6.58 Å². The summed E-state index contributed by atoms with van der Waals surface area (Å²) in [6.45, 7) is 9.73. The average molecular weight is 376 g/mol. The number of hydrogen-bond acceptors (Lipinski definition) is 2. The summed E-state index contributed by atoms with van der Waals surface area (Å²) in [4.78, 5) is 8.62. The highest BCUT2D eigenvalue weighted by molar-refractivity contribution is 5.58. The molecular weight excluding hydrogens is 342 g/mol. The molecule has 1 aliphatic rings. The molecule has 2 aromatic heterocycles. The van der Waals surface area contributed by atoms with Crippen molar-refractivity contribution in [2.45, 2.75) is 52.5 Å². The molecule has 0 radical (unpaired) electrons. The first-order valence-corrected chi connectivity index (χ1v) is 10.2. The van der Waals surface area contributed by atoms with Gasteiger partial charge in [0.2, 0.25) is 0 Å². The maximum absolute atomic E-state index is 4.55. The van der Waals surface area contributed by atoms with E-state index in [4.69, 9.17) is 0 Å². The van der Waals surface area contributed by atoms with Crippen molar-refractivity contribution in [1.29, 1.82) is 0 Å². The molecule has 1 unspecified atom stereocenters. The molecule has 0 spiro atoms. The summed E-state index contributed by atoms with van der Waals surface area (Å²) >= 11 is 0. The monoisotopic (exact) mass is 375 g/mol. The number of hydrogen-bond donors (Lipinski definition) is 0. The fourth-order valence-electron chi connectivity index (χ4n) is 3.23. The molecule has 0 N–H and O–H groups in total. The zero-order valence-corrected chi connectivity index (χ0v) is 17.5. The fourth-order valence-corrected chi connectivity index (χ4v) is 3.23. The van der Waals surface area contributed by atoms with Crippen LogP contribution in [0.5, 0.6) is 0 Å². The van der Waals surface area contributed by atoms with E-state index in [0.29, 0.717) is 0 Å². The van der Waals surface area contributed by atoms with E-state index in [1.165, 1.54) is 31.2 Å². The van der Waals surface area contributed by atoms with Gasteiger partial charge >= 0.3 is 0 Å². The van der Waals surface area contributed by atoms with Gasteiger partial charge in [-0.2, -0.15) is 0 Å². The molecule has 28 heavy (non-hydrogen) atoms. The van der Waals surface area contributed by atoms with Gasteiger partial charge in [-0.1, -0.05) is 75.1 Å². The van der Waals surface area contributed by atoms with E-state index in [1.54, 1.807) is 12.3 Å². The van der Waals surface area contributed by atoms with Crippen LogP contribution in [0.25, 0.3) is 11.3 Å². The molecule has 0 aliphatic heterocycles. The summed E-state index contributed by atoms with van der Waals surface area (Å²) < 4.78 is 2.07. The molecule has 4 rings (SSSR count). The zero-order chi connectivity index (χ0) is 20.2. The van der Waals surface area contributed by atoms with Crippen molar-refractivity contribution in [3.8, 4) is 11.3 Å². The Kier molecular flexibility index (Phi) is 9.20. The van der Waals surface area contributed by atoms with E-state index < -0.39 is 0 Å². The van der Waals surface area contributed by atoms with Crippen LogP contribution >= 0.6 is 0 Å². The molecular formula is C25H33N3. The third-order valence-electron chi connectivity index (χ3n) is 4.95. The van der Waals surface area contributed by atoms with Gasteiger partial charge in [-0.3, -0.25) is 4.98 Å². The first-order valence-electron chi connectivity index (χ1n) is 10.2. The van der Waals surface area contributed by atoms with Crippen molar-refractivity contribution < 1.29 is 0 Å². The molecule has 1 aromatic carbocycles. The third-order valence-corrected chi connectivity index (χ3v) is 4.95. The second kappa shape index (κ2) is 11.9. The minimum Gasteiger partial charge on any atom is -0.330 e. The molecule has 3 heteroatoms. The summed E-state index contributed by atoms with van der Waals surface area (Å²) in [5.41, 5.74) is 3.32.